The molecule has 154 valence electrons. The van der Waals surface area contributed by atoms with Crippen molar-refractivity contribution in [3.05, 3.63) is 71.8 Å². The van der Waals surface area contributed by atoms with E-state index in [1.54, 1.807) is 5.56 Å². The van der Waals surface area contributed by atoms with Gasteiger partial charge in [-0.15, -0.1) is 0 Å². The second-order valence-electron chi connectivity index (χ2n) is 11.7. The monoisotopic (exact) mass is 394 g/mol. The largest absolute Gasteiger partial charge is 0.0616 e. The van der Waals surface area contributed by atoms with Gasteiger partial charge in [0, 0.05) is 0 Å². The van der Waals surface area contributed by atoms with Gasteiger partial charge in [-0.1, -0.05) is 81.4 Å². The van der Waals surface area contributed by atoms with E-state index >= 15 is 0 Å². The van der Waals surface area contributed by atoms with Crippen LogP contribution in [0.25, 0.3) is 21.9 Å². The summed E-state index contributed by atoms with van der Waals surface area (Å²) in [5.41, 5.74) is 6.44. The maximum absolute atomic E-state index is 2.52. The first-order chi connectivity index (χ1) is 14.4. The van der Waals surface area contributed by atoms with Crippen molar-refractivity contribution in [2.24, 2.45) is 17.8 Å². The number of benzene rings is 3. The summed E-state index contributed by atoms with van der Waals surface area (Å²) in [5, 5.41) is 2.95. The molecule has 4 bridgehead atoms. The third kappa shape index (κ3) is 2.87. The lowest BCUT2D eigenvalue weighted by Crippen LogP contribution is -2.48. The van der Waals surface area contributed by atoms with E-state index in [1.165, 1.54) is 66.0 Å². The molecule has 0 nitrogen and oxygen atoms in total. The van der Waals surface area contributed by atoms with Gasteiger partial charge in [0.15, 0.2) is 0 Å². The van der Waals surface area contributed by atoms with Gasteiger partial charge in [0.1, 0.15) is 0 Å². The minimum atomic E-state index is 0.197. The van der Waals surface area contributed by atoms with Crippen LogP contribution in [0.3, 0.4) is 0 Å². The summed E-state index contributed by atoms with van der Waals surface area (Å²) < 4.78 is 0. The molecule has 3 aromatic carbocycles. The van der Waals surface area contributed by atoms with Crippen molar-refractivity contribution >= 4 is 10.8 Å². The first kappa shape index (κ1) is 18.7. The fraction of sp³-hybridized carbons (Fsp3) is 0.467. The molecule has 0 heterocycles. The third-order valence-electron chi connectivity index (χ3n) is 8.60. The molecule has 0 atom stereocenters. The highest BCUT2D eigenvalue weighted by molar-refractivity contribution is 5.99. The van der Waals surface area contributed by atoms with Crippen LogP contribution in [0.4, 0.5) is 0 Å². The molecule has 0 heteroatoms. The van der Waals surface area contributed by atoms with E-state index in [1.807, 2.05) is 0 Å². The average molecular weight is 395 g/mol. The summed E-state index contributed by atoms with van der Waals surface area (Å²) in [5.74, 6) is 2.96. The van der Waals surface area contributed by atoms with Gasteiger partial charge in [0.05, 0.1) is 0 Å². The molecule has 0 saturated heterocycles. The Balaban J connectivity index is 1.47. The van der Waals surface area contributed by atoms with Crippen molar-refractivity contribution in [2.45, 2.75) is 70.1 Å². The Morgan fingerprint density at radius 3 is 1.80 bits per heavy atom. The van der Waals surface area contributed by atoms with Gasteiger partial charge in [-0.05, 0) is 100 Å². The molecule has 0 radical (unpaired) electrons. The Hall–Kier alpha value is -2.08. The Morgan fingerprint density at radius 2 is 1.23 bits per heavy atom. The van der Waals surface area contributed by atoms with E-state index in [-0.39, 0.29) is 5.41 Å². The van der Waals surface area contributed by atoms with Gasteiger partial charge in [-0.3, -0.25) is 0 Å². The molecular formula is C30H34. The predicted octanol–water partition coefficient (Wildman–Crippen LogP) is 8.27. The minimum absolute atomic E-state index is 0.197. The fourth-order valence-corrected chi connectivity index (χ4v) is 7.60. The first-order valence-corrected chi connectivity index (χ1v) is 12.0. The summed E-state index contributed by atoms with van der Waals surface area (Å²) in [7, 11) is 0. The van der Waals surface area contributed by atoms with Gasteiger partial charge in [0.2, 0.25) is 0 Å². The molecule has 4 saturated carbocycles. The standard InChI is InChI=1S/C30H34/c1-29(2,3)24-10-8-23(9-11-24)25-12-13-28(27-7-5-4-6-26(25)27)30-17-20-14-21(18-30)16-22(15-20)19-30/h4-13,20-22H,14-19H2,1-3H3. The van der Waals surface area contributed by atoms with Crippen LogP contribution in [0.2, 0.25) is 0 Å². The van der Waals surface area contributed by atoms with Crippen LogP contribution in [0.5, 0.6) is 0 Å². The zero-order valence-electron chi connectivity index (χ0n) is 18.7. The van der Waals surface area contributed by atoms with Gasteiger partial charge >= 0.3 is 0 Å². The number of fused-ring (bicyclic) bond motifs is 1. The fourth-order valence-electron chi connectivity index (χ4n) is 7.60. The maximum Gasteiger partial charge on any atom is -0.00329 e. The molecule has 4 fully saturated rings. The van der Waals surface area contributed by atoms with Crippen molar-refractivity contribution in [1.29, 1.82) is 0 Å². The van der Waals surface area contributed by atoms with E-state index in [9.17, 15) is 0 Å². The molecule has 3 aromatic rings. The lowest BCUT2D eigenvalue weighted by Gasteiger charge is -2.57. The Morgan fingerprint density at radius 1 is 0.667 bits per heavy atom. The lowest BCUT2D eigenvalue weighted by molar-refractivity contribution is -0.00449. The van der Waals surface area contributed by atoms with Crippen molar-refractivity contribution in [3.63, 3.8) is 0 Å². The molecule has 30 heavy (non-hydrogen) atoms. The van der Waals surface area contributed by atoms with E-state index in [4.69, 9.17) is 0 Å². The second kappa shape index (κ2) is 6.46. The maximum atomic E-state index is 2.52. The Kier molecular flexibility index (Phi) is 4.02. The predicted molar refractivity (Wildman–Crippen MR) is 128 cm³/mol. The molecule has 7 rings (SSSR count). The normalized spacial score (nSPS) is 30.2. The van der Waals surface area contributed by atoms with E-state index in [0.29, 0.717) is 5.41 Å². The molecule has 4 aliphatic rings. The SMILES string of the molecule is CC(C)(C)c1ccc(-c2ccc(C34CC5CC(CC(C5)C3)C4)c3ccccc23)cc1. The lowest BCUT2D eigenvalue weighted by atomic mass is 9.47. The van der Waals surface area contributed by atoms with Crippen LogP contribution >= 0.6 is 0 Å². The molecule has 0 aliphatic heterocycles. The highest BCUT2D eigenvalue weighted by atomic mass is 14.6. The quantitative estimate of drug-likeness (QED) is 0.410. The number of hydrogen-bond donors (Lipinski definition) is 0. The highest BCUT2D eigenvalue weighted by Gasteiger charge is 2.51. The zero-order chi connectivity index (χ0) is 20.5. The zero-order valence-corrected chi connectivity index (χ0v) is 18.7. The molecule has 0 unspecified atom stereocenters. The molecule has 4 aliphatic carbocycles. The molecule has 0 aromatic heterocycles. The third-order valence-corrected chi connectivity index (χ3v) is 8.60. The van der Waals surface area contributed by atoms with Crippen LogP contribution in [0.1, 0.15) is 70.4 Å². The van der Waals surface area contributed by atoms with Crippen LogP contribution in [-0.2, 0) is 10.8 Å². The van der Waals surface area contributed by atoms with E-state index in [0.717, 1.165) is 17.8 Å². The molecular weight excluding hydrogens is 360 g/mol. The first-order valence-electron chi connectivity index (χ1n) is 12.0. The van der Waals surface area contributed by atoms with Gasteiger partial charge in [-0.25, -0.2) is 0 Å². The van der Waals surface area contributed by atoms with Crippen LogP contribution in [-0.4, -0.2) is 0 Å². The minimum Gasteiger partial charge on any atom is -0.0616 e. The smallest absolute Gasteiger partial charge is 0.00329 e. The molecule has 0 amide bonds. The van der Waals surface area contributed by atoms with Crippen LogP contribution < -0.4 is 0 Å². The highest BCUT2D eigenvalue weighted by Crippen LogP contribution is 2.61. The van der Waals surface area contributed by atoms with Crippen molar-refractivity contribution < 1.29 is 0 Å². The summed E-state index contributed by atoms with van der Waals surface area (Å²) >= 11 is 0. The van der Waals surface area contributed by atoms with Crippen LogP contribution in [0, 0.1) is 17.8 Å². The molecule has 0 spiro atoms. The van der Waals surface area contributed by atoms with Crippen molar-refractivity contribution in [1.82, 2.24) is 0 Å². The second-order valence-corrected chi connectivity index (χ2v) is 11.7. The van der Waals surface area contributed by atoms with Gasteiger partial charge in [0.25, 0.3) is 0 Å². The Bertz CT molecular complexity index is 1060. The summed E-state index contributed by atoms with van der Waals surface area (Å²) in [4.78, 5) is 0. The van der Waals surface area contributed by atoms with Crippen molar-refractivity contribution in [3.8, 4) is 11.1 Å². The summed E-state index contributed by atoms with van der Waals surface area (Å²) in [6.45, 7) is 6.87. The van der Waals surface area contributed by atoms with Gasteiger partial charge < -0.3 is 0 Å². The average Bonchev–Trinajstić information content (AvgIpc) is 2.71. The Labute approximate surface area is 181 Å². The van der Waals surface area contributed by atoms with Crippen LogP contribution in [0.15, 0.2) is 60.7 Å². The number of rotatable bonds is 2. The summed E-state index contributed by atoms with van der Waals surface area (Å²) in [6, 6.07) is 23.5. The van der Waals surface area contributed by atoms with Crippen molar-refractivity contribution in [2.75, 3.05) is 0 Å². The van der Waals surface area contributed by atoms with Gasteiger partial charge in [-0.2, -0.15) is 0 Å². The van der Waals surface area contributed by atoms with E-state index in [2.05, 4.69) is 81.4 Å². The number of hydrogen-bond acceptors (Lipinski definition) is 0. The summed E-state index contributed by atoms with van der Waals surface area (Å²) in [6.07, 6.45) is 8.83. The topological polar surface area (TPSA) is 0 Å². The van der Waals surface area contributed by atoms with E-state index < -0.39 is 0 Å². The molecule has 0 N–H and O–H groups in total.